The zero-order chi connectivity index (χ0) is 7.56. The standard InChI is InChI=1S/C6H9FO3/c7-4-1-2-10-5(3-4)6(8)9/h4-5H,1-3H2,(H,8,9)/t4-,5+/m1/s1. The quantitative estimate of drug-likeness (QED) is 0.591. The third-order valence-corrected chi connectivity index (χ3v) is 1.50. The largest absolute Gasteiger partial charge is 0.479 e. The maximum atomic E-state index is 12.5. The van der Waals surface area contributed by atoms with E-state index in [2.05, 4.69) is 0 Å². The molecule has 10 heavy (non-hydrogen) atoms. The van der Waals surface area contributed by atoms with Crippen LogP contribution in [0.2, 0.25) is 0 Å². The van der Waals surface area contributed by atoms with Crippen molar-refractivity contribution < 1.29 is 19.0 Å². The van der Waals surface area contributed by atoms with E-state index in [0.717, 1.165) is 0 Å². The molecule has 1 heterocycles. The Morgan fingerprint density at radius 2 is 2.40 bits per heavy atom. The minimum absolute atomic E-state index is 0.00463. The van der Waals surface area contributed by atoms with Gasteiger partial charge in [0.25, 0.3) is 0 Å². The molecule has 1 aliphatic heterocycles. The highest BCUT2D eigenvalue weighted by atomic mass is 19.1. The van der Waals surface area contributed by atoms with Gasteiger partial charge in [-0.2, -0.15) is 0 Å². The molecule has 1 fully saturated rings. The molecule has 0 bridgehead atoms. The number of carbonyl (C=O) groups is 1. The van der Waals surface area contributed by atoms with Crippen LogP contribution in [0.1, 0.15) is 12.8 Å². The highest BCUT2D eigenvalue weighted by Crippen LogP contribution is 2.16. The fourth-order valence-corrected chi connectivity index (χ4v) is 0.928. The zero-order valence-electron chi connectivity index (χ0n) is 5.42. The molecule has 0 aromatic carbocycles. The molecule has 0 radical (unpaired) electrons. The van der Waals surface area contributed by atoms with Crippen LogP contribution < -0.4 is 0 Å². The number of hydrogen-bond acceptors (Lipinski definition) is 2. The maximum Gasteiger partial charge on any atom is 0.332 e. The van der Waals surface area contributed by atoms with Crippen LogP contribution in [0.5, 0.6) is 0 Å². The van der Waals surface area contributed by atoms with Crippen LogP contribution in [-0.4, -0.2) is 30.0 Å². The lowest BCUT2D eigenvalue weighted by atomic mass is 10.1. The summed E-state index contributed by atoms with van der Waals surface area (Å²) in [7, 11) is 0. The molecular weight excluding hydrogens is 139 g/mol. The van der Waals surface area contributed by atoms with Crippen molar-refractivity contribution in [3.63, 3.8) is 0 Å². The fraction of sp³-hybridized carbons (Fsp3) is 0.833. The second kappa shape index (κ2) is 2.96. The van der Waals surface area contributed by atoms with Gasteiger partial charge in [0.15, 0.2) is 6.10 Å². The molecule has 1 aliphatic rings. The van der Waals surface area contributed by atoms with Gasteiger partial charge in [-0.15, -0.1) is 0 Å². The molecule has 0 aromatic heterocycles. The summed E-state index contributed by atoms with van der Waals surface area (Å²) in [6.45, 7) is 0.220. The summed E-state index contributed by atoms with van der Waals surface area (Å²) in [4.78, 5) is 10.2. The molecule has 0 saturated carbocycles. The van der Waals surface area contributed by atoms with E-state index in [-0.39, 0.29) is 13.0 Å². The predicted molar refractivity (Wildman–Crippen MR) is 31.5 cm³/mol. The van der Waals surface area contributed by atoms with E-state index in [4.69, 9.17) is 9.84 Å². The third-order valence-electron chi connectivity index (χ3n) is 1.50. The van der Waals surface area contributed by atoms with Crippen LogP contribution in [-0.2, 0) is 9.53 Å². The second-order valence-corrected chi connectivity index (χ2v) is 2.32. The van der Waals surface area contributed by atoms with E-state index >= 15 is 0 Å². The second-order valence-electron chi connectivity index (χ2n) is 2.32. The Kier molecular flexibility index (Phi) is 2.21. The summed E-state index contributed by atoms with van der Waals surface area (Å²) in [5, 5.41) is 8.36. The van der Waals surface area contributed by atoms with Gasteiger partial charge in [-0.1, -0.05) is 0 Å². The van der Waals surface area contributed by atoms with Crippen molar-refractivity contribution in [1.29, 1.82) is 0 Å². The highest BCUT2D eigenvalue weighted by molar-refractivity contribution is 5.72. The Bertz CT molecular complexity index is 137. The van der Waals surface area contributed by atoms with Crippen molar-refractivity contribution in [2.75, 3.05) is 6.61 Å². The smallest absolute Gasteiger partial charge is 0.332 e. The van der Waals surface area contributed by atoms with Crippen LogP contribution in [0.25, 0.3) is 0 Å². The predicted octanol–water partition coefficient (Wildman–Crippen LogP) is 0.588. The number of hydrogen-bond donors (Lipinski definition) is 1. The van der Waals surface area contributed by atoms with Gasteiger partial charge in [0, 0.05) is 12.8 Å². The molecule has 0 spiro atoms. The first kappa shape index (κ1) is 7.47. The van der Waals surface area contributed by atoms with Crippen LogP contribution in [0.15, 0.2) is 0 Å². The number of rotatable bonds is 1. The van der Waals surface area contributed by atoms with Crippen LogP contribution in [0, 0.1) is 0 Å². The fourth-order valence-electron chi connectivity index (χ4n) is 0.928. The average Bonchev–Trinajstić information content (AvgIpc) is 1.88. The number of aliphatic carboxylic acids is 1. The van der Waals surface area contributed by atoms with Crippen LogP contribution in [0.4, 0.5) is 4.39 Å². The molecule has 0 unspecified atom stereocenters. The summed E-state index contributed by atoms with van der Waals surface area (Å²) in [6.07, 6.45) is -1.61. The summed E-state index contributed by atoms with van der Waals surface area (Å²) >= 11 is 0. The van der Waals surface area contributed by atoms with Gasteiger partial charge >= 0.3 is 5.97 Å². The van der Waals surface area contributed by atoms with E-state index < -0.39 is 18.2 Å². The Labute approximate surface area is 57.8 Å². The third kappa shape index (κ3) is 1.67. The lowest BCUT2D eigenvalue weighted by Gasteiger charge is -2.21. The number of carboxylic acid groups (broad SMARTS) is 1. The first-order chi connectivity index (χ1) is 4.70. The van der Waals surface area contributed by atoms with Gasteiger partial charge in [0.05, 0.1) is 6.61 Å². The molecule has 4 heteroatoms. The number of alkyl halides is 1. The van der Waals surface area contributed by atoms with Gasteiger partial charge in [0.2, 0.25) is 0 Å². The Hall–Kier alpha value is -0.640. The first-order valence-electron chi connectivity index (χ1n) is 3.18. The van der Waals surface area contributed by atoms with E-state index in [1.807, 2.05) is 0 Å². The van der Waals surface area contributed by atoms with E-state index in [1.165, 1.54) is 0 Å². The summed E-state index contributed by atoms with van der Waals surface area (Å²) in [6, 6.07) is 0. The molecule has 1 saturated heterocycles. The molecule has 58 valence electrons. The van der Waals surface area contributed by atoms with E-state index in [0.29, 0.717) is 6.42 Å². The van der Waals surface area contributed by atoms with E-state index in [1.54, 1.807) is 0 Å². The summed E-state index contributed by atoms with van der Waals surface area (Å²) in [5.74, 6) is -1.07. The number of ether oxygens (including phenoxy) is 1. The van der Waals surface area contributed by atoms with Gasteiger partial charge in [0.1, 0.15) is 6.17 Å². The number of carboxylic acids is 1. The minimum Gasteiger partial charge on any atom is -0.479 e. The van der Waals surface area contributed by atoms with Crippen LogP contribution in [0.3, 0.4) is 0 Å². The SMILES string of the molecule is O=C(O)[C@@H]1C[C@H](F)CCO1. The van der Waals surface area contributed by atoms with Crippen molar-refractivity contribution in [2.45, 2.75) is 25.1 Å². The zero-order valence-corrected chi connectivity index (χ0v) is 5.42. The van der Waals surface area contributed by atoms with Crippen molar-refractivity contribution in [2.24, 2.45) is 0 Å². The van der Waals surface area contributed by atoms with Crippen molar-refractivity contribution >= 4 is 5.97 Å². The highest BCUT2D eigenvalue weighted by Gasteiger charge is 2.27. The molecule has 2 atom stereocenters. The van der Waals surface area contributed by atoms with Gasteiger partial charge in [-0.3, -0.25) is 0 Å². The van der Waals surface area contributed by atoms with Gasteiger partial charge in [-0.05, 0) is 0 Å². The van der Waals surface area contributed by atoms with Crippen LogP contribution >= 0.6 is 0 Å². The molecule has 0 amide bonds. The molecule has 3 nitrogen and oxygen atoms in total. The Morgan fingerprint density at radius 3 is 2.80 bits per heavy atom. The molecule has 1 N–H and O–H groups in total. The van der Waals surface area contributed by atoms with Gasteiger partial charge in [-0.25, -0.2) is 9.18 Å². The molecule has 0 aliphatic carbocycles. The van der Waals surface area contributed by atoms with Gasteiger partial charge < -0.3 is 9.84 Å². The minimum atomic E-state index is -1.07. The monoisotopic (exact) mass is 148 g/mol. The Balaban J connectivity index is 2.39. The molecule has 1 rings (SSSR count). The summed E-state index contributed by atoms with van der Waals surface area (Å²) < 4.78 is 17.2. The van der Waals surface area contributed by atoms with Crippen molar-refractivity contribution in [3.8, 4) is 0 Å². The number of halogens is 1. The lowest BCUT2D eigenvalue weighted by molar-refractivity contribution is -0.155. The maximum absolute atomic E-state index is 12.5. The van der Waals surface area contributed by atoms with Crippen molar-refractivity contribution in [1.82, 2.24) is 0 Å². The van der Waals surface area contributed by atoms with E-state index in [9.17, 15) is 9.18 Å². The lowest BCUT2D eigenvalue weighted by Crippen LogP contribution is -2.32. The molecule has 0 aromatic rings. The topological polar surface area (TPSA) is 46.5 Å². The normalized spacial score (nSPS) is 33.7. The van der Waals surface area contributed by atoms with Crippen molar-refractivity contribution in [3.05, 3.63) is 0 Å². The summed E-state index contributed by atoms with van der Waals surface area (Å²) in [5.41, 5.74) is 0. The first-order valence-corrected chi connectivity index (χ1v) is 3.18. The molecular formula is C6H9FO3. The Morgan fingerprint density at radius 1 is 1.70 bits per heavy atom. The average molecular weight is 148 g/mol.